The molecule has 0 amide bonds. The van der Waals surface area contributed by atoms with Crippen LogP contribution in [0, 0.1) is 0 Å². The molecule has 5 nitrogen and oxygen atoms in total. The van der Waals surface area contributed by atoms with Gasteiger partial charge in [0.05, 0.1) is 23.6 Å². The van der Waals surface area contributed by atoms with Gasteiger partial charge >= 0.3 is 0 Å². The van der Waals surface area contributed by atoms with Crippen molar-refractivity contribution in [2.75, 3.05) is 36.2 Å². The highest BCUT2D eigenvalue weighted by Gasteiger charge is 2.20. The number of thiazole rings is 1. The molecule has 0 atom stereocenters. The molecule has 3 rings (SSSR count). The Morgan fingerprint density at radius 3 is 2.68 bits per heavy atom. The summed E-state index contributed by atoms with van der Waals surface area (Å²) in [6.45, 7) is 2.62. The number of para-hydroxylation sites is 2. The van der Waals surface area contributed by atoms with Crippen molar-refractivity contribution < 1.29 is 8.42 Å². The van der Waals surface area contributed by atoms with Gasteiger partial charge in [-0.05, 0) is 12.1 Å². The van der Waals surface area contributed by atoms with E-state index in [2.05, 4.69) is 34.0 Å². The van der Waals surface area contributed by atoms with Gasteiger partial charge in [0.1, 0.15) is 10.8 Å². The Balaban J connectivity index is 1.78. The summed E-state index contributed by atoms with van der Waals surface area (Å²) >= 11 is 1.42. The fourth-order valence-electron chi connectivity index (χ4n) is 2.64. The maximum atomic E-state index is 11.4. The zero-order valence-corrected chi connectivity index (χ0v) is 14.3. The molecule has 2 aromatic rings. The van der Waals surface area contributed by atoms with Gasteiger partial charge in [-0.25, -0.2) is 13.4 Å². The summed E-state index contributed by atoms with van der Waals surface area (Å²) in [4.78, 5) is 9.02. The molecule has 0 unspecified atom stereocenters. The number of benzene rings is 1. The summed E-state index contributed by atoms with van der Waals surface area (Å²) in [7, 11) is -0.925. The smallest absolute Gasteiger partial charge is 0.153 e. The number of nitrogens with zero attached hydrogens (tertiary/aromatic N) is 3. The van der Waals surface area contributed by atoms with Crippen LogP contribution in [0.2, 0.25) is 0 Å². The Hall–Kier alpha value is -1.60. The molecule has 0 N–H and O–H groups in total. The topological polar surface area (TPSA) is 53.5 Å². The van der Waals surface area contributed by atoms with E-state index in [9.17, 15) is 8.42 Å². The summed E-state index contributed by atoms with van der Waals surface area (Å²) in [6.07, 6.45) is 1.24. The lowest BCUT2D eigenvalue weighted by Gasteiger charge is -2.36. The normalized spacial score (nSPS) is 15.0. The van der Waals surface area contributed by atoms with E-state index in [1.54, 1.807) is 0 Å². The second-order valence-electron chi connectivity index (χ2n) is 5.63. The minimum atomic E-state index is -3.03. The van der Waals surface area contributed by atoms with Crippen LogP contribution < -0.4 is 9.80 Å². The lowest BCUT2D eigenvalue weighted by atomic mass is 10.1. The van der Waals surface area contributed by atoms with Crippen molar-refractivity contribution in [3.05, 3.63) is 40.3 Å². The first-order valence-corrected chi connectivity index (χ1v) is 10.0. The third-order valence-corrected chi connectivity index (χ3v) is 5.55. The van der Waals surface area contributed by atoms with Gasteiger partial charge in [-0.15, -0.1) is 11.3 Å². The molecule has 22 heavy (non-hydrogen) atoms. The number of sulfone groups is 1. The standard InChI is InChI=1S/C15H19N3O2S2/c1-17-7-8-18(14-6-4-3-5-13(14)17)9-12-10-21-15(16-12)11-22(2,19)20/h3-6,10H,7-9,11H2,1-2H3. The Kier molecular flexibility index (Phi) is 4.10. The first-order chi connectivity index (χ1) is 10.4. The van der Waals surface area contributed by atoms with E-state index in [0.717, 1.165) is 18.8 Å². The lowest BCUT2D eigenvalue weighted by molar-refractivity contribution is 0.601. The van der Waals surface area contributed by atoms with Crippen molar-refractivity contribution in [3.8, 4) is 0 Å². The maximum absolute atomic E-state index is 11.4. The number of likely N-dealkylation sites (N-methyl/N-ethyl adjacent to an activating group) is 1. The van der Waals surface area contributed by atoms with Crippen molar-refractivity contribution in [3.63, 3.8) is 0 Å². The molecule has 7 heteroatoms. The second kappa shape index (κ2) is 5.89. The number of aromatic nitrogens is 1. The van der Waals surface area contributed by atoms with Gasteiger partial charge < -0.3 is 9.80 Å². The van der Waals surface area contributed by atoms with Gasteiger partial charge in [-0.3, -0.25) is 0 Å². The van der Waals surface area contributed by atoms with Crippen LogP contribution in [0.25, 0.3) is 0 Å². The van der Waals surface area contributed by atoms with Gasteiger partial charge in [-0.2, -0.15) is 0 Å². The van der Waals surface area contributed by atoms with Crippen molar-refractivity contribution >= 4 is 32.5 Å². The molecule has 0 saturated heterocycles. The van der Waals surface area contributed by atoms with E-state index in [1.165, 1.54) is 29.0 Å². The molecular formula is C15H19N3O2S2. The molecule has 2 heterocycles. The molecule has 0 fully saturated rings. The number of anilines is 2. The van der Waals surface area contributed by atoms with Crippen LogP contribution in [0.5, 0.6) is 0 Å². The van der Waals surface area contributed by atoms with Crippen LogP contribution in [-0.2, 0) is 22.1 Å². The lowest BCUT2D eigenvalue weighted by Crippen LogP contribution is -2.38. The van der Waals surface area contributed by atoms with E-state index in [0.29, 0.717) is 11.6 Å². The Morgan fingerprint density at radius 1 is 1.23 bits per heavy atom. The van der Waals surface area contributed by atoms with Gasteiger partial charge in [0.2, 0.25) is 0 Å². The van der Waals surface area contributed by atoms with Gasteiger partial charge in [0, 0.05) is 31.8 Å². The van der Waals surface area contributed by atoms with E-state index < -0.39 is 9.84 Å². The highest BCUT2D eigenvalue weighted by molar-refractivity contribution is 7.90. The molecule has 1 aliphatic rings. The molecule has 0 saturated carbocycles. The monoisotopic (exact) mass is 337 g/mol. The SMILES string of the molecule is CN1CCN(Cc2csc(CS(C)(=O)=O)n2)c2ccccc21. The van der Waals surface area contributed by atoms with E-state index >= 15 is 0 Å². The highest BCUT2D eigenvalue weighted by atomic mass is 32.2. The minimum Gasteiger partial charge on any atom is -0.371 e. The third-order valence-electron chi connectivity index (χ3n) is 3.68. The molecule has 1 aromatic heterocycles. The fourth-order valence-corrected chi connectivity index (χ4v) is 4.63. The predicted octanol–water partition coefficient (Wildman–Crippen LogP) is 2.14. The van der Waals surface area contributed by atoms with Crippen molar-refractivity contribution in [2.45, 2.75) is 12.3 Å². The van der Waals surface area contributed by atoms with E-state index in [-0.39, 0.29) is 5.75 Å². The van der Waals surface area contributed by atoms with Crippen LogP contribution in [0.4, 0.5) is 11.4 Å². The largest absolute Gasteiger partial charge is 0.371 e. The second-order valence-corrected chi connectivity index (χ2v) is 8.72. The number of hydrogen-bond acceptors (Lipinski definition) is 6. The van der Waals surface area contributed by atoms with Crippen molar-refractivity contribution in [1.29, 1.82) is 0 Å². The van der Waals surface area contributed by atoms with E-state index in [4.69, 9.17) is 0 Å². The molecular weight excluding hydrogens is 318 g/mol. The molecule has 118 valence electrons. The zero-order chi connectivity index (χ0) is 15.7. The van der Waals surface area contributed by atoms with Gasteiger partial charge in [0.25, 0.3) is 0 Å². The summed E-state index contributed by atoms with van der Waals surface area (Å²) in [5, 5.41) is 2.63. The summed E-state index contributed by atoms with van der Waals surface area (Å²) in [5.41, 5.74) is 3.36. The van der Waals surface area contributed by atoms with Crippen molar-refractivity contribution in [1.82, 2.24) is 4.98 Å². The van der Waals surface area contributed by atoms with Crippen LogP contribution in [0.15, 0.2) is 29.6 Å². The van der Waals surface area contributed by atoms with Crippen LogP contribution in [0.1, 0.15) is 10.7 Å². The Morgan fingerprint density at radius 2 is 1.95 bits per heavy atom. The molecule has 0 aliphatic carbocycles. The summed E-state index contributed by atoms with van der Waals surface area (Å²) < 4.78 is 22.7. The summed E-state index contributed by atoms with van der Waals surface area (Å²) in [5.74, 6) is 0.0248. The van der Waals surface area contributed by atoms with Gasteiger partial charge in [0.15, 0.2) is 9.84 Å². The van der Waals surface area contributed by atoms with Crippen LogP contribution in [0.3, 0.4) is 0 Å². The predicted molar refractivity (Wildman–Crippen MR) is 91.4 cm³/mol. The number of rotatable bonds is 4. The van der Waals surface area contributed by atoms with Gasteiger partial charge in [-0.1, -0.05) is 12.1 Å². The average molecular weight is 337 g/mol. The molecule has 0 bridgehead atoms. The zero-order valence-electron chi connectivity index (χ0n) is 12.7. The Bertz CT molecular complexity index is 771. The fraction of sp³-hybridized carbons (Fsp3) is 0.400. The number of fused-ring (bicyclic) bond motifs is 1. The van der Waals surface area contributed by atoms with Crippen LogP contribution in [-0.4, -0.2) is 39.8 Å². The molecule has 1 aliphatic heterocycles. The number of hydrogen-bond donors (Lipinski definition) is 0. The molecule has 0 spiro atoms. The molecule has 0 radical (unpaired) electrons. The third kappa shape index (κ3) is 3.41. The Labute approximate surface area is 135 Å². The highest BCUT2D eigenvalue weighted by Crippen LogP contribution is 2.32. The maximum Gasteiger partial charge on any atom is 0.153 e. The molecule has 1 aromatic carbocycles. The van der Waals surface area contributed by atoms with Crippen LogP contribution >= 0.6 is 11.3 Å². The first-order valence-electron chi connectivity index (χ1n) is 7.08. The minimum absolute atomic E-state index is 0.0248. The van der Waals surface area contributed by atoms with E-state index in [1.807, 2.05) is 17.5 Å². The van der Waals surface area contributed by atoms with Crippen molar-refractivity contribution in [2.24, 2.45) is 0 Å². The quantitative estimate of drug-likeness (QED) is 0.856. The average Bonchev–Trinajstić information content (AvgIpc) is 2.87. The summed E-state index contributed by atoms with van der Waals surface area (Å²) in [6, 6.07) is 8.33. The first kappa shape index (κ1) is 15.3.